The van der Waals surface area contributed by atoms with Crippen molar-refractivity contribution in [2.75, 3.05) is 19.7 Å². The van der Waals surface area contributed by atoms with E-state index in [2.05, 4.69) is 9.97 Å². The van der Waals surface area contributed by atoms with Gasteiger partial charge in [-0.2, -0.15) is 0 Å². The molecule has 0 aromatic carbocycles. The highest BCUT2D eigenvalue weighted by Crippen LogP contribution is 2.19. The summed E-state index contributed by atoms with van der Waals surface area (Å²) in [5, 5.41) is 10.4. The van der Waals surface area contributed by atoms with E-state index in [4.69, 9.17) is 4.74 Å². The Morgan fingerprint density at radius 3 is 2.71 bits per heavy atom. The maximum atomic E-state index is 11.7. The minimum absolute atomic E-state index is 0.198. The van der Waals surface area contributed by atoms with Crippen LogP contribution >= 0.6 is 0 Å². The van der Waals surface area contributed by atoms with E-state index in [-0.39, 0.29) is 11.7 Å². The molecule has 0 saturated carbocycles. The maximum absolute atomic E-state index is 11.7. The number of imidazole rings is 1. The number of H-pyrrole nitrogens is 2. The van der Waals surface area contributed by atoms with Crippen LogP contribution in [0.5, 0.6) is 0 Å². The first-order chi connectivity index (χ1) is 11.6. The molecule has 1 aromatic heterocycles. The van der Waals surface area contributed by atoms with Gasteiger partial charge < -0.3 is 24.7 Å². The van der Waals surface area contributed by atoms with Crippen molar-refractivity contribution < 1.29 is 19.5 Å². The number of nitrogens with one attached hydrogen (secondary N) is 3. The maximum Gasteiger partial charge on any atom is 0.323 e. The number of aromatic nitrogens is 2. The number of quaternary nitrogens is 1. The number of hydrogen-bond donors (Lipinski definition) is 4. The van der Waals surface area contributed by atoms with Crippen LogP contribution in [0.15, 0.2) is 4.79 Å². The molecule has 0 amide bonds. The summed E-state index contributed by atoms with van der Waals surface area (Å²) in [5.74, 6) is -0.198. The van der Waals surface area contributed by atoms with E-state index in [0.717, 1.165) is 25.3 Å². The first-order valence-corrected chi connectivity index (χ1v) is 9.08. The molecule has 7 nitrogen and oxygen atoms in total. The van der Waals surface area contributed by atoms with Crippen molar-refractivity contribution in [3.8, 4) is 0 Å². The van der Waals surface area contributed by atoms with E-state index in [1.807, 2.05) is 0 Å². The zero-order valence-electron chi connectivity index (χ0n) is 14.5. The molecule has 136 valence electrons. The third-order valence-electron chi connectivity index (χ3n) is 4.57. The normalized spacial score (nSPS) is 16.9. The molecule has 0 spiro atoms. The van der Waals surface area contributed by atoms with Crippen LogP contribution in [-0.2, 0) is 16.1 Å². The predicted octanol–water partition coefficient (Wildman–Crippen LogP) is 0.429. The van der Waals surface area contributed by atoms with Crippen LogP contribution in [0, 0.1) is 0 Å². The third-order valence-corrected chi connectivity index (χ3v) is 4.57. The third kappa shape index (κ3) is 5.79. The van der Waals surface area contributed by atoms with Gasteiger partial charge in [0.1, 0.15) is 6.54 Å². The van der Waals surface area contributed by atoms with Crippen LogP contribution in [-0.4, -0.2) is 40.7 Å². The van der Waals surface area contributed by atoms with Crippen molar-refractivity contribution in [2.24, 2.45) is 0 Å². The molecule has 2 rings (SSSR count). The van der Waals surface area contributed by atoms with Gasteiger partial charge in [0, 0.05) is 6.42 Å². The van der Waals surface area contributed by atoms with E-state index in [1.54, 1.807) is 6.92 Å². The molecule has 1 aliphatic rings. The topological polar surface area (TPSA) is 99.6 Å². The van der Waals surface area contributed by atoms with E-state index < -0.39 is 6.10 Å². The number of aliphatic hydroxyl groups is 1. The van der Waals surface area contributed by atoms with Crippen molar-refractivity contribution in [2.45, 2.75) is 64.5 Å². The molecule has 1 aromatic rings. The summed E-state index contributed by atoms with van der Waals surface area (Å²) in [5.41, 5.74) is 1.16. The second-order valence-corrected chi connectivity index (χ2v) is 6.53. The summed E-state index contributed by atoms with van der Waals surface area (Å²) in [6, 6.07) is 0. The van der Waals surface area contributed by atoms with E-state index in [0.29, 0.717) is 38.0 Å². The van der Waals surface area contributed by atoms with Crippen LogP contribution in [0.2, 0.25) is 0 Å². The number of aliphatic hydroxyl groups excluding tert-OH is 1. The van der Waals surface area contributed by atoms with Crippen molar-refractivity contribution in [1.29, 1.82) is 0 Å². The Morgan fingerprint density at radius 1 is 1.25 bits per heavy atom. The monoisotopic (exact) mass is 340 g/mol. The van der Waals surface area contributed by atoms with Gasteiger partial charge in [-0.25, -0.2) is 4.79 Å². The first-order valence-electron chi connectivity index (χ1n) is 9.08. The van der Waals surface area contributed by atoms with E-state index >= 15 is 0 Å². The highest BCUT2D eigenvalue weighted by Gasteiger charge is 2.21. The molecule has 0 bridgehead atoms. The first kappa shape index (κ1) is 18.7. The molecule has 7 heteroatoms. The number of carbonyl (C=O) groups is 1. The average molecular weight is 340 g/mol. The van der Waals surface area contributed by atoms with Crippen molar-refractivity contribution in [3.63, 3.8) is 0 Å². The van der Waals surface area contributed by atoms with Crippen LogP contribution in [0.3, 0.4) is 0 Å². The minimum Gasteiger partial charge on any atom is -0.466 e. The zero-order valence-corrected chi connectivity index (χ0v) is 14.5. The van der Waals surface area contributed by atoms with Crippen molar-refractivity contribution >= 4 is 5.97 Å². The number of aromatic amines is 2. The molecular weight excluding hydrogens is 310 g/mol. The van der Waals surface area contributed by atoms with Gasteiger partial charge in [0.25, 0.3) is 0 Å². The highest BCUT2D eigenvalue weighted by molar-refractivity contribution is 5.69. The van der Waals surface area contributed by atoms with Gasteiger partial charge in [-0.3, -0.25) is 4.79 Å². The van der Waals surface area contributed by atoms with Gasteiger partial charge in [0.15, 0.2) is 0 Å². The quantitative estimate of drug-likeness (QED) is 0.387. The molecule has 4 N–H and O–H groups in total. The lowest BCUT2D eigenvalue weighted by atomic mass is 10.1. The van der Waals surface area contributed by atoms with Crippen molar-refractivity contribution in [3.05, 3.63) is 21.9 Å². The number of rotatable bonds is 9. The van der Waals surface area contributed by atoms with Gasteiger partial charge in [0.05, 0.1) is 37.2 Å². The Kier molecular flexibility index (Phi) is 7.52. The fourth-order valence-corrected chi connectivity index (χ4v) is 3.32. The number of unbranched alkanes of at least 4 members (excludes halogenated alkanes) is 1. The zero-order chi connectivity index (χ0) is 17.4. The molecule has 1 saturated heterocycles. The number of carbonyl (C=O) groups excluding carboxylic acids is 1. The molecule has 0 unspecified atom stereocenters. The van der Waals surface area contributed by atoms with Gasteiger partial charge in [-0.15, -0.1) is 0 Å². The number of esters is 1. The van der Waals surface area contributed by atoms with Gasteiger partial charge in [-0.1, -0.05) is 0 Å². The Hall–Kier alpha value is -1.60. The van der Waals surface area contributed by atoms with Crippen LogP contribution < -0.4 is 10.6 Å². The molecule has 0 radical (unpaired) electrons. The number of likely N-dealkylation sites (tertiary alicyclic amines) is 1. The van der Waals surface area contributed by atoms with Gasteiger partial charge in [0.2, 0.25) is 0 Å². The van der Waals surface area contributed by atoms with Gasteiger partial charge >= 0.3 is 11.7 Å². The summed E-state index contributed by atoms with van der Waals surface area (Å²) < 4.78 is 4.88. The van der Waals surface area contributed by atoms with E-state index in [9.17, 15) is 14.7 Å². The number of ether oxygens (including phenoxy) is 1. The summed E-state index contributed by atoms with van der Waals surface area (Å²) in [6.45, 7) is 5.16. The molecule has 1 aliphatic heterocycles. The van der Waals surface area contributed by atoms with E-state index in [1.165, 1.54) is 24.2 Å². The molecular formula is C17H30N3O4+. The number of piperidine rings is 1. The summed E-state index contributed by atoms with van der Waals surface area (Å²) in [7, 11) is 0. The lowest BCUT2D eigenvalue weighted by Gasteiger charge is -2.23. The lowest BCUT2D eigenvalue weighted by Crippen LogP contribution is -3.11. The molecule has 1 fully saturated rings. The minimum atomic E-state index is -0.703. The van der Waals surface area contributed by atoms with Crippen molar-refractivity contribution in [1.82, 2.24) is 9.97 Å². The Morgan fingerprint density at radius 2 is 2.00 bits per heavy atom. The Labute approximate surface area is 142 Å². The standard InChI is InChI=1S/C17H29N3O4/c1-2-24-15(22)9-5-4-8-14(21)16-13(18-17(23)19-16)12-20-10-6-3-7-11-20/h14,21H,2-12H2,1H3,(H2,18,19,23)/p+1/t14-/m1/s1. The largest absolute Gasteiger partial charge is 0.466 e. The molecule has 2 heterocycles. The Balaban J connectivity index is 1.83. The second-order valence-electron chi connectivity index (χ2n) is 6.53. The number of hydrogen-bond acceptors (Lipinski definition) is 4. The smallest absolute Gasteiger partial charge is 0.323 e. The average Bonchev–Trinajstić information content (AvgIpc) is 2.93. The predicted molar refractivity (Wildman–Crippen MR) is 89.7 cm³/mol. The highest BCUT2D eigenvalue weighted by atomic mass is 16.5. The SMILES string of the molecule is CCOC(=O)CCCC[C@@H](O)c1[nH]c(=O)[nH]c1C[NH+]1CCCCC1. The fraction of sp³-hybridized carbons (Fsp3) is 0.765. The fourth-order valence-electron chi connectivity index (χ4n) is 3.32. The molecule has 1 atom stereocenters. The van der Waals surface area contributed by atoms with Crippen LogP contribution in [0.1, 0.15) is 69.4 Å². The van der Waals surface area contributed by atoms with Gasteiger partial charge in [-0.05, 0) is 45.4 Å². The van der Waals surface area contributed by atoms with Crippen LogP contribution in [0.4, 0.5) is 0 Å². The molecule has 24 heavy (non-hydrogen) atoms. The van der Waals surface area contributed by atoms with Crippen LogP contribution in [0.25, 0.3) is 0 Å². The second kappa shape index (κ2) is 9.64. The molecule has 0 aliphatic carbocycles. The Bertz CT molecular complexity index is 560. The lowest BCUT2D eigenvalue weighted by molar-refractivity contribution is -0.918. The summed E-state index contributed by atoms with van der Waals surface area (Å²) >= 11 is 0. The summed E-state index contributed by atoms with van der Waals surface area (Å²) in [4.78, 5) is 30.0. The summed E-state index contributed by atoms with van der Waals surface area (Å²) in [6.07, 6.45) is 5.30.